The molecule has 0 radical (unpaired) electrons. The van der Waals surface area contributed by atoms with Crippen molar-refractivity contribution < 1.29 is 4.74 Å². The zero-order valence-electron chi connectivity index (χ0n) is 32.5. The van der Waals surface area contributed by atoms with Crippen LogP contribution in [0.1, 0.15) is 22.3 Å². The second-order valence-corrected chi connectivity index (χ2v) is 15.5. The minimum absolute atomic E-state index is 0.657. The van der Waals surface area contributed by atoms with Crippen LogP contribution in [0.4, 0.5) is 0 Å². The van der Waals surface area contributed by atoms with Crippen LogP contribution in [0.3, 0.4) is 0 Å². The van der Waals surface area contributed by atoms with Crippen molar-refractivity contribution in [3.8, 4) is 78.8 Å². The Morgan fingerprint density at radius 1 is 0.350 bits per heavy atom. The Bertz CT molecular complexity index is 3180. The smallest absolute Gasteiger partial charge is 0.160 e. The molecule has 4 nitrogen and oxygen atoms in total. The molecule has 8 aromatic carbocycles. The molecule has 0 saturated heterocycles. The highest BCUT2D eigenvalue weighted by Gasteiger charge is 2.51. The quantitative estimate of drug-likeness (QED) is 0.175. The molecule has 0 saturated carbocycles. The average Bonchev–Trinajstić information content (AvgIpc) is 3.62. The van der Waals surface area contributed by atoms with Crippen molar-refractivity contribution in [2.75, 3.05) is 0 Å². The van der Waals surface area contributed by atoms with Gasteiger partial charge in [-0.05, 0) is 93.0 Å². The molecule has 0 bridgehead atoms. The number of aromatic nitrogens is 3. The van der Waals surface area contributed by atoms with E-state index in [0.717, 1.165) is 78.3 Å². The summed E-state index contributed by atoms with van der Waals surface area (Å²) >= 11 is 0. The summed E-state index contributed by atoms with van der Waals surface area (Å²) in [4.78, 5) is 14.9. The van der Waals surface area contributed by atoms with Gasteiger partial charge in [-0.15, -0.1) is 0 Å². The lowest BCUT2D eigenvalue weighted by Gasteiger charge is -2.40. The lowest BCUT2D eigenvalue weighted by Crippen LogP contribution is -2.32. The van der Waals surface area contributed by atoms with Crippen molar-refractivity contribution in [2.45, 2.75) is 5.41 Å². The third kappa shape index (κ3) is 5.28. The minimum atomic E-state index is -0.657. The highest BCUT2D eigenvalue weighted by molar-refractivity contribution is 5.95. The summed E-state index contributed by atoms with van der Waals surface area (Å²) in [5.41, 5.74) is 16.8. The molecule has 1 aliphatic carbocycles. The Hall–Kier alpha value is -7.95. The monoisotopic (exact) mass is 765 g/mol. The summed E-state index contributed by atoms with van der Waals surface area (Å²) in [7, 11) is 0. The predicted octanol–water partition coefficient (Wildman–Crippen LogP) is 13.8. The molecular weight excluding hydrogens is 731 g/mol. The van der Waals surface area contributed by atoms with Gasteiger partial charge >= 0.3 is 0 Å². The molecule has 1 aliphatic heterocycles. The Labute approximate surface area is 348 Å². The zero-order valence-corrected chi connectivity index (χ0v) is 32.5. The van der Waals surface area contributed by atoms with Crippen molar-refractivity contribution in [1.29, 1.82) is 0 Å². The van der Waals surface area contributed by atoms with E-state index in [0.29, 0.717) is 5.82 Å². The fourth-order valence-electron chi connectivity index (χ4n) is 9.50. The van der Waals surface area contributed by atoms with E-state index in [4.69, 9.17) is 14.7 Å². The highest BCUT2D eigenvalue weighted by Crippen LogP contribution is 2.62. The maximum absolute atomic E-state index is 6.94. The molecule has 280 valence electrons. The molecule has 1 spiro atoms. The van der Waals surface area contributed by atoms with Crippen LogP contribution >= 0.6 is 0 Å². The van der Waals surface area contributed by atoms with Crippen LogP contribution in [-0.2, 0) is 5.41 Å². The molecule has 10 aromatic rings. The molecule has 2 aliphatic rings. The van der Waals surface area contributed by atoms with Crippen molar-refractivity contribution in [3.05, 3.63) is 235 Å². The molecule has 0 unspecified atom stereocenters. The maximum atomic E-state index is 6.94. The summed E-state index contributed by atoms with van der Waals surface area (Å²) in [5.74, 6) is 2.37. The van der Waals surface area contributed by atoms with E-state index in [9.17, 15) is 0 Å². The van der Waals surface area contributed by atoms with Crippen LogP contribution in [0.5, 0.6) is 11.5 Å². The first-order valence-corrected chi connectivity index (χ1v) is 20.3. The second-order valence-electron chi connectivity index (χ2n) is 15.5. The van der Waals surface area contributed by atoms with Gasteiger partial charge in [0.15, 0.2) is 5.82 Å². The van der Waals surface area contributed by atoms with Crippen LogP contribution in [0.15, 0.2) is 212 Å². The van der Waals surface area contributed by atoms with Crippen molar-refractivity contribution in [3.63, 3.8) is 0 Å². The van der Waals surface area contributed by atoms with Crippen LogP contribution in [0, 0.1) is 0 Å². The summed E-state index contributed by atoms with van der Waals surface area (Å²) in [5, 5.41) is 1.15. The first-order chi connectivity index (χ1) is 29.7. The summed E-state index contributed by atoms with van der Waals surface area (Å²) in [6.07, 6.45) is 1.89. The molecule has 2 aromatic heterocycles. The number of fused-ring (bicyclic) bond motifs is 10. The molecule has 0 amide bonds. The second kappa shape index (κ2) is 13.6. The molecular formula is C56H35N3O. The predicted molar refractivity (Wildman–Crippen MR) is 242 cm³/mol. The number of hydrogen-bond donors (Lipinski definition) is 0. The van der Waals surface area contributed by atoms with Crippen LogP contribution < -0.4 is 4.74 Å². The van der Waals surface area contributed by atoms with E-state index in [2.05, 4.69) is 181 Å². The lowest BCUT2D eigenvalue weighted by atomic mass is 9.65. The van der Waals surface area contributed by atoms with E-state index in [-0.39, 0.29) is 0 Å². The van der Waals surface area contributed by atoms with Crippen LogP contribution in [-0.4, -0.2) is 15.0 Å². The standard InChI is InChI=1S/C56H35N3O/c1-3-13-38(14-4-1)51-35-52(59-55(58-51)39-15-5-2-6-16-39)41-28-30-54-49(34-41)56(46-20-10-7-17-43(46)44-18-8-11-21-47(44)56)48-33-40(27-29-53(48)60-54)36-23-25-37(26-24-36)42-31-32-57-50-22-12-9-19-45(42)50/h1-35H. The largest absolute Gasteiger partial charge is 0.457 e. The molecule has 60 heavy (non-hydrogen) atoms. The van der Waals surface area contributed by atoms with Gasteiger partial charge in [0.2, 0.25) is 0 Å². The molecule has 3 heterocycles. The molecule has 0 N–H and O–H groups in total. The van der Waals surface area contributed by atoms with E-state index >= 15 is 0 Å². The van der Waals surface area contributed by atoms with Crippen LogP contribution in [0.2, 0.25) is 0 Å². The van der Waals surface area contributed by atoms with Crippen LogP contribution in [0.25, 0.3) is 78.2 Å². The van der Waals surface area contributed by atoms with Gasteiger partial charge in [-0.1, -0.05) is 158 Å². The van der Waals surface area contributed by atoms with Gasteiger partial charge < -0.3 is 4.74 Å². The number of ether oxygens (including phenoxy) is 1. The van der Waals surface area contributed by atoms with E-state index in [1.807, 2.05) is 36.5 Å². The number of nitrogens with zero attached hydrogens (tertiary/aromatic N) is 3. The van der Waals surface area contributed by atoms with Gasteiger partial charge in [-0.25, -0.2) is 9.97 Å². The third-order valence-corrected chi connectivity index (χ3v) is 12.2. The normalized spacial score (nSPS) is 12.9. The van der Waals surface area contributed by atoms with Gasteiger partial charge in [0.1, 0.15) is 11.5 Å². The SMILES string of the molecule is c1ccc(-c2cc(-c3ccc4c(c3)C3(c5cc(-c6ccc(-c7ccnc8ccccc78)cc6)ccc5O4)c4ccccc4-c4ccccc43)nc(-c3ccccc3)n2)cc1. The molecule has 0 atom stereocenters. The highest BCUT2D eigenvalue weighted by atomic mass is 16.5. The Kier molecular flexibility index (Phi) is 7.72. The molecule has 12 rings (SSSR count). The number of rotatable bonds is 5. The number of pyridine rings is 1. The zero-order chi connectivity index (χ0) is 39.6. The van der Waals surface area contributed by atoms with Crippen molar-refractivity contribution >= 4 is 10.9 Å². The number of hydrogen-bond acceptors (Lipinski definition) is 4. The van der Waals surface area contributed by atoms with Crippen molar-refractivity contribution in [2.24, 2.45) is 0 Å². The van der Waals surface area contributed by atoms with Crippen molar-refractivity contribution in [1.82, 2.24) is 15.0 Å². The number of benzene rings is 8. The Morgan fingerprint density at radius 2 is 0.883 bits per heavy atom. The van der Waals surface area contributed by atoms with E-state index < -0.39 is 5.41 Å². The summed E-state index contributed by atoms with van der Waals surface area (Å²) in [6.45, 7) is 0. The van der Waals surface area contributed by atoms with E-state index in [1.54, 1.807) is 0 Å². The maximum Gasteiger partial charge on any atom is 0.160 e. The van der Waals surface area contributed by atoms with E-state index in [1.165, 1.54) is 27.8 Å². The van der Waals surface area contributed by atoms with Gasteiger partial charge in [0.05, 0.1) is 22.3 Å². The van der Waals surface area contributed by atoms with Gasteiger partial charge in [0.25, 0.3) is 0 Å². The molecule has 0 fully saturated rings. The van der Waals surface area contributed by atoms with Gasteiger partial charge in [0, 0.05) is 39.4 Å². The topological polar surface area (TPSA) is 47.9 Å². The fraction of sp³-hybridized carbons (Fsp3) is 0.0179. The Balaban J connectivity index is 1.05. The minimum Gasteiger partial charge on any atom is -0.457 e. The third-order valence-electron chi connectivity index (χ3n) is 12.2. The molecule has 4 heteroatoms. The lowest BCUT2D eigenvalue weighted by molar-refractivity contribution is 0.436. The Morgan fingerprint density at radius 3 is 1.58 bits per heavy atom. The first-order valence-electron chi connectivity index (χ1n) is 20.3. The summed E-state index contributed by atoms with van der Waals surface area (Å²) < 4.78 is 6.94. The van der Waals surface area contributed by atoms with Gasteiger partial charge in [-0.2, -0.15) is 0 Å². The number of para-hydroxylation sites is 1. The van der Waals surface area contributed by atoms with Gasteiger partial charge in [-0.3, -0.25) is 4.98 Å². The average molecular weight is 766 g/mol. The fourth-order valence-corrected chi connectivity index (χ4v) is 9.50. The summed E-state index contributed by atoms with van der Waals surface area (Å²) in [6, 6.07) is 73.0. The first kappa shape index (κ1) is 34.1.